The van der Waals surface area contributed by atoms with Crippen molar-refractivity contribution in [2.24, 2.45) is 0 Å². The van der Waals surface area contributed by atoms with Crippen LogP contribution in [0.15, 0.2) is 35.7 Å². The van der Waals surface area contributed by atoms with Gasteiger partial charge >= 0.3 is 0 Å². The Balaban J connectivity index is 1.75. The third kappa shape index (κ3) is 2.90. The van der Waals surface area contributed by atoms with E-state index in [1.165, 1.54) is 5.56 Å². The van der Waals surface area contributed by atoms with Crippen LogP contribution in [0.5, 0.6) is 0 Å². The number of hydrogen-bond acceptors (Lipinski definition) is 3. The smallest absolute Gasteiger partial charge is 0.0954 e. The molecule has 0 amide bonds. The Kier molecular flexibility index (Phi) is 3.66. The van der Waals surface area contributed by atoms with Gasteiger partial charge in [-0.05, 0) is 18.4 Å². The fraction of sp³-hybridized carbons (Fsp3) is 0.500. The minimum absolute atomic E-state index is 0.0329. The summed E-state index contributed by atoms with van der Waals surface area (Å²) in [5.41, 5.74) is 2.44. The highest BCUT2D eigenvalue weighted by molar-refractivity contribution is 7.09. The molecule has 1 saturated carbocycles. The number of aromatic nitrogens is 1. The maximum Gasteiger partial charge on any atom is 0.0954 e. The van der Waals surface area contributed by atoms with Gasteiger partial charge in [-0.2, -0.15) is 0 Å². The number of benzene rings is 1. The van der Waals surface area contributed by atoms with Crippen molar-refractivity contribution in [1.29, 1.82) is 0 Å². The van der Waals surface area contributed by atoms with Crippen LogP contribution in [0, 0.1) is 0 Å². The van der Waals surface area contributed by atoms with Gasteiger partial charge in [-0.3, -0.25) is 0 Å². The van der Waals surface area contributed by atoms with Gasteiger partial charge in [0.2, 0.25) is 0 Å². The molecular formula is C18H23NOS. The summed E-state index contributed by atoms with van der Waals surface area (Å²) in [7, 11) is 0. The van der Waals surface area contributed by atoms with Crippen LogP contribution in [0.2, 0.25) is 0 Å². The number of aliphatic hydroxyl groups is 1. The quantitative estimate of drug-likeness (QED) is 0.923. The SMILES string of the molecule is CC(C)(C)c1csc(CC(O)C2(c3ccccc3)CC2)n1. The fourth-order valence-corrected chi connectivity index (χ4v) is 3.89. The minimum Gasteiger partial charge on any atom is -0.392 e. The van der Waals surface area contributed by atoms with Gasteiger partial charge in [-0.15, -0.1) is 11.3 Å². The lowest BCUT2D eigenvalue weighted by atomic mass is 9.88. The number of nitrogens with zero attached hydrogens (tertiary/aromatic N) is 1. The Hall–Kier alpha value is -1.19. The number of hydrogen-bond donors (Lipinski definition) is 1. The van der Waals surface area contributed by atoms with E-state index in [0.717, 1.165) is 23.5 Å². The molecule has 0 bridgehead atoms. The van der Waals surface area contributed by atoms with Gasteiger partial charge in [0.05, 0.1) is 16.8 Å². The third-order valence-corrected chi connectivity index (χ3v) is 5.33. The Morgan fingerprint density at radius 2 is 1.90 bits per heavy atom. The number of rotatable bonds is 4. The molecule has 1 unspecified atom stereocenters. The lowest BCUT2D eigenvalue weighted by molar-refractivity contribution is 0.131. The lowest BCUT2D eigenvalue weighted by Gasteiger charge is -2.22. The summed E-state index contributed by atoms with van der Waals surface area (Å²) < 4.78 is 0. The van der Waals surface area contributed by atoms with E-state index in [9.17, 15) is 5.11 Å². The first-order valence-corrected chi connectivity index (χ1v) is 8.48. The van der Waals surface area contributed by atoms with Crippen LogP contribution in [-0.4, -0.2) is 16.2 Å². The zero-order chi connectivity index (χ0) is 15.1. The van der Waals surface area contributed by atoms with E-state index < -0.39 is 0 Å². The maximum absolute atomic E-state index is 10.7. The third-order valence-electron chi connectivity index (χ3n) is 4.46. The predicted molar refractivity (Wildman–Crippen MR) is 87.9 cm³/mol. The molecule has 1 aromatic heterocycles. The molecule has 2 aromatic rings. The molecule has 112 valence electrons. The van der Waals surface area contributed by atoms with Gasteiger partial charge in [-0.25, -0.2) is 4.98 Å². The van der Waals surface area contributed by atoms with Crippen LogP contribution in [0.4, 0.5) is 0 Å². The van der Waals surface area contributed by atoms with E-state index in [2.05, 4.69) is 50.4 Å². The lowest BCUT2D eigenvalue weighted by Crippen LogP contribution is -2.28. The van der Waals surface area contributed by atoms with E-state index in [0.29, 0.717) is 6.42 Å². The summed E-state index contributed by atoms with van der Waals surface area (Å²) in [5, 5.41) is 13.9. The van der Waals surface area contributed by atoms with E-state index >= 15 is 0 Å². The molecule has 1 atom stereocenters. The molecule has 3 heteroatoms. The van der Waals surface area contributed by atoms with E-state index in [1.807, 2.05) is 6.07 Å². The largest absolute Gasteiger partial charge is 0.392 e. The molecule has 1 aliphatic carbocycles. The molecule has 1 N–H and O–H groups in total. The molecule has 0 aliphatic heterocycles. The Morgan fingerprint density at radius 3 is 2.43 bits per heavy atom. The predicted octanol–water partition coefficient (Wildman–Crippen LogP) is 4.08. The van der Waals surface area contributed by atoms with Crippen molar-refractivity contribution in [3.05, 3.63) is 52.0 Å². The first kappa shape index (κ1) is 14.7. The topological polar surface area (TPSA) is 33.1 Å². The van der Waals surface area contributed by atoms with Crippen LogP contribution in [0.3, 0.4) is 0 Å². The van der Waals surface area contributed by atoms with Gasteiger partial charge in [0.25, 0.3) is 0 Å². The second-order valence-corrected chi connectivity index (χ2v) is 8.06. The summed E-state index contributed by atoms with van der Waals surface area (Å²) in [6, 6.07) is 10.4. The zero-order valence-corrected chi connectivity index (χ0v) is 13.8. The molecule has 1 aliphatic rings. The first-order chi connectivity index (χ1) is 9.92. The van der Waals surface area contributed by atoms with Crippen molar-refractivity contribution in [2.75, 3.05) is 0 Å². The standard InChI is InChI=1S/C18H23NOS/c1-17(2,3)14-12-21-16(19-14)11-15(20)18(9-10-18)13-7-5-4-6-8-13/h4-8,12,15,20H,9-11H2,1-3H3. The second-order valence-electron chi connectivity index (χ2n) is 7.12. The highest BCUT2D eigenvalue weighted by Gasteiger charge is 2.50. The van der Waals surface area contributed by atoms with Crippen molar-refractivity contribution < 1.29 is 5.11 Å². The average Bonchev–Trinajstić information content (AvgIpc) is 3.13. The molecule has 0 spiro atoms. The minimum atomic E-state index is -0.334. The fourth-order valence-electron chi connectivity index (χ4n) is 2.83. The van der Waals surface area contributed by atoms with Crippen LogP contribution in [0.25, 0.3) is 0 Å². The van der Waals surface area contributed by atoms with Crippen LogP contribution in [-0.2, 0) is 17.3 Å². The van der Waals surface area contributed by atoms with E-state index in [4.69, 9.17) is 4.98 Å². The number of thiazole rings is 1. The van der Waals surface area contributed by atoms with E-state index in [-0.39, 0.29) is 16.9 Å². The highest BCUT2D eigenvalue weighted by Crippen LogP contribution is 2.51. The van der Waals surface area contributed by atoms with Gasteiger partial charge in [0.1, 0.15) is 0 Å². The molecule has 2 nitrogen and oxygen atoms in total. The van der Waals surface area contributed by atoms with Gasteiger partial charge in [-0.1, -0.05) is 51.1 Å². The maximum atomic E-state index is 10.7. The summed E-state index contributed by atoms with van der Waals surface area (Å²) in [6.45, 7) is 6.53. The molecule has 1 fully saturated rings. The average molecular weight is 301 g/mol. The second kappa shape index (κ2) is 5.22. The summed E-state index contributed by atoms with van der Waals surface area (Å²) >= 11 is 1.67. The molecule has 0 saturated heterocycles. The summed E-state index contributed by atoms with van der Waals surface area (Å²) in [6.07, 6.45) is 2.49. The van der Waals surface area contributed by atoms with E-state index in [1.54, 1.807) is 11.3 Å². The van der Waals surface area contributed by atoms with Crippen molar-refractivity contribution in [1.82, 2.24) is 4.98 Å². The normalized spacial score (nSPS) is 18.5. The van der Waals surface area contributed by atoms with Crippen molar-refractivity contribution >= 4 is 11.3 Å². The van der Waals surface area contributed by atoms with Crippen molar-refractivity contribution in [3.8, 4) is 0 Å². The molecule has 0 radical (unpaired) electrons. The van der Waals surface area contributed by atoms with Gasteiger partial charge < -0.3 is 5.11 Å². The monoisotopic (exact) mass is 301 g/mol. The summed E-state index contributed by atoms with van der Waals surface area (Å²) in [4.78, 5) is 4.71. The highest BCUT2D eigenvalue weighted by atomic mass is 32.1. The van der Waals surface area contributed by atoms with Gasteiger partial charge in [0.15, 0.2) is 0 Å². The van der Waals surface area contributed by atoms with Crippen molar-refractivity contribution in [3.63, 3.8) is 0 Å². The zero-order valence-electron chi connectivity index (χ0n) is 13.0. The van der Waals surface area contributed by atoms with Gasteiger partial charge in [0, 0.05) is 22.6 Å². The summed E-state index contributed by atoms with van der Waals surface area (Å²) in [5.74, 6) is 0. The van der Waals surface area contributed by atoms with Crippen LogP contribution >= 0.6 is 11.3 Å². The van der Waals surface area contributed by atoms with Crippen molar-refractivity contribution in [2.45, 2.75) is 57.0 Å². The molecule has 3 rings (SSSR count). The Morgan fingerprint density at radius 1 is 1.24 bits per heavy atom. The Labute approximate surface area is 130 Å². The molecule has 21 heavy (non-hydrogen) atoms. The molecular weight excluding hydrogens is 278 g/mol. The van der Waals surface area contributed by atoms with Crippen LogP contribution < -0.4 is 0 Å². The van der Waals surface area contributed by atoms with Crippen LogP contribution in [0.1, 0.15) is 49.9 Å². The Bertz CT molecular complexity index is 608. The first-order valence-electron chi connectivity index (χ1n) is 7.60. The molecule has 1 aromatic carbocycles. The molecule has 1 heterocycles. The number of aliphatic hydroxyl groups excluding tert-OH is 1.